The number of ether oxygens (including phenoxy) is 2. The smallest absolute Gasteiger partial charge is 0.184 e. The summed E-state index contributed by atoms with van der Waals surface area (Å²) in [5, 5.41) is 0. The van der Waals surface area contributed by atoms with Crippen LogP contribution in [-0.2, 0) is 15.9 Å². The van der Waals surface area contributed by atoms with E-state index < -0.39 is 0 Å². The average molecular weight is 302 g/mol. The predicted molar refractivity (Wildman–Crippen MR) is 89.8 cm³/mol. The Kier molecular flexibility index (Phi) is 5.91. The van der Waals surface area contributed by atoms with Crippen molar-refractivity contribution in [3.05, 3.63) is 35.4 Å². The molecule has 2 fully saturated rings. The molecule has 2 nitrogen and oxygen atoms in total. The van der Waals surface area contributed by atoms with Crippen LogP contribution < -0.4 is 0 Å². The van der Waals surface area contributed by atoms with Crippen LogP contribution in [0.15, 0.2) is 24.3 Å². The lowest BCUT2D eigenvalue weighted by atomic mass is 9.78. The Morgan fingerprint density at radius 1 is 0.955 bits per heavy atom. The summed E-state index contributed by atoms with van der Waals surface area (Å²) in [4.78, 5) is 0. The van der Waals surface area contributed by atoms with Gasteiger partial charge >= 0.3 is 0 Å². The molecular formula is C20H30O2. The Labute approximate surface area is 135 Å². The van der Waals surface area contributed by atoms with Gasteiger partial charge in [-0.25, -0.2) is 0 Å². The predicted octanol–water partition coefficient (Wildman–Crippen LogP) is 5.27. The van der Waals surface area contributed by atoms with Crippen molar-refractivity contribution in [1.82, 2.24) is 0 Å². The summed E-state index contributed by atoms with van der Waals surface area (Å²) < 4.78 is 11.2. The first-order valence-corrected chi connectivity index (χ1v) is 9.17. The highest BCUT2D eigenvalue weighted by molar-refractivity contribution is 5.24. The maximum Gasteiger partial charge on any atom is 0.184 e. The van der Waals surface area contributed by atoms with Crippen LogP contribution in [-0.4, -0.2) is 13.2 Å². The molecule has 122 valence electrons. The molecule has 1 aliphatic carbocycles. The third-order valence-corrected chi connectivity index (χ3v) is 5.35. The van der Waals surface area contributed by atoms with Gasteiger partial charge in [0.05, 0.1) is 13.2 Å². The van der Waals surface area contributed by atoms with Gasteiger partial charge in [0, 0.05) is 5.56 Å². The van der Waals surface area contributed by atoms with E-state index in [2.05, 4.69) is 31.2 Å². The molecule has 0 aromatic heterocycles. The molecule has 0 spiro atoms. The molecule has 0 radical (unpaired) electrons. The van der Waals surface area contributed by atoms with Crippen molar-refractivity contribution < 1.29 is 9.47 Å². The van der Waals surface area contributed by atoms with E-state index in [0.717, 1.165) is 25.0 Å². The van der Waals surface area contributed by atoms with Crippen LogP contribution in [0.3, 0.4) is 0 Å². The molecule has 0 unspecified atom stereocenters. The monoisotopic (exact) mass is 302 g/mol. The Balaban J connectivity index is 1.46. The summed E-state index contributed by atoms with van der Waals surface area (Å²) in [6.45, 7) is 3.75. The van der Waals surface area contributed by atoms with Crippen molar-refractivity contribution >= 4 is 0 Å². The SMILES string of the molecule is CCCC1CCC(CCc2cccc(C3OCCO3)c2)CC1. The second-order valence-electron chi connectivity index (χ2n) is 7.03. The minimum atomic E-state index is -0.135. The maximum atomic E-state index is 5.60. The zero-order chi connectivity index (χ0) is 15.2. The van der Waals surface area contributed by atoms with Crippen LogP contribution in [0.25, 0.3) is 0 Å². The van der Waals surface area contributed by atoms with Crippen LogP contribution in [0.1, 0.15) is 69.3 Å². The van der Waals surface area contributed by atoms with Gasteiger partial charge in [-0.3, -0.25) is 0 Å². The maximum absolute atomic E-state index is 5.60. The van der Waals surface area contributed by atoms with E-state index in [9.17, 15) is 0 Å². The van der Waals surface area contributed by atoms with Crippen molar-refractivity contribution in [2.75, 3.05) is 13.2 Å². The summed E-state index contributed by atoms with van der Waals surface area (Å²) >= 11 is 0. The van der Waals surface area contributed by atoms with Gasteiger partial charge in [-0.2, -0.15) is 0 Å². The molecule has 1 saturated heterocycles. The summed E-state index contributed by atoms with van der Waals surface area (Å²) in [6.07, 6.45) is 11.0. The van der Waals surface area contributed by atoms with E-state index in [4.69, 9.17) is 9.47 Å². The van der Waals surface area contributed by atoms with Gasteiger partial charge in [0.25, 0.3) is 0 Å². The van der Waals surface area contributed by atoms with Gasteiger partial charge in [-0.1, -0.05) is 69.7 Å². The zero-order valence-electron chi connectivity index (χ0n) is 13.9. The van der Waals surface area contributed by atoms with Gasteiger partial charge in [0.1, 0.15) is 0 Å². The molecule has 1 aromatic carbocycles. The quantitative estimate of drug-likeness (QED) is 0.712. The first-order valence-electron chi connectivity index (χ1n) is 9.17. The minimum absolute atomic E-state index is 0.135. The third-order valence-electron chi connectivity index (χ3n) is 5.35. The minimum Gasteiger partial charge on any atom is -0.346 e. The topological polar surface area (TPSA) is 18.5 Å². The van der Waals surface area contributed by atoms with Gasteiger partial charge < -0.3 is 9.47 Å². The molecule has 3 rings (SSSR count). The lowest BCUT2D eigenvalue weighted by Crippen LogP contribution is -2.15. The molecule has 0 atom stereocenters. The number of aryl methyl sites for hydroxylation is 1. The molecule has 1 aliphatic heterocycles. The first kappa shape index (κ1) is 16.0. The molecule has 0 N–H and O–H groups in total. The fourth-order valence-corrected chi connectivity index (χ4v) is 4.03. The van der Waals surface area contributed by atoms with Crippen LogP contribution in [0, 0.1) is 11.8 Å². The van der Waals surface area contributed by atoms with E-state index >= 15 is 0 Å². The summed E-state index contributed by atoms with van der Waals surface area (Å²) in [7, 11) is 0. The molecule has 2 heteroatoms. The molecule has 1 saturated carbocycles. The summed E-state index contributed by atoms with van der Waals surface area (Å²) in [6, 6.07) is 8.79. The van der Waals surface area contributed by atoms with Crippen molar-refractivity contribution in [2.45, 2.75) is 64.6 Å². The highest BCUT2D eigenvalue weighted by Gasteiger charge is 2.21. The number of hydrogen-bond donors (Lipinski definition) is 0. The molecule has 1 heterocycles. The molecule has 1 aromatic rings. The number of hydrogen-bond acceptors (Lipinski definition) is 2. The van der Waals surface area contributed by atoms with Crippen molar-refractivity contribution in [3.63, 3.8) is 0 Å². The van der Waals surface area contributed by atoms with E-state index in [1.165, 1.54) is 62.5 Å². The Morgan fingerprint density at radius 2 is 1.64 bits per heavy atom. The lowest BCUT2D eigenvalue weighted by Gasteiger charge is -2.28. The first-order chi connectivity index (χ1) is 10.8. The largest absolute Gasteiger partial charge is 0.346 e. The number of rotatable bonds is 6. The molecular weight excluding hydrogens is 272 g/mol. The van der Waals surface area contributed by atoms with E-state index in [-0.39, 0.29) is 6.29 Å². The standard InChI is InChI=1S/C20H30O2/c1-2-4-16-7-9-17(10-8-16)11-12-18-5-3-6-19(15-18)20-21-13-14-22-20/h3,5-6,15-17,20H,2,4,7-14H2,1H3. The van der Waals surface area contributed by atoms with Gasteiger partial charge in [0.15, 0.2) is 6.29 Å². The van der Waals surface area contributed by atoms with Crippen LogP contribution >= 0.6 is 0 Å². The highest BCUT2D eigenvalue weighted by Crippen LogP contribution is 2.34. The molecule has 0 amide bonds. The van der Waals surface area contributed by atoms with Gasteiger partial charge in [0.2, 0.25) is 0 Å². The van der Waals surface area contributed by atoms with Crippen LogP contribution in [0.4, 0.5) is 0 Å². The van der Waals surface area contributed by atoms with Gasteiger partial charge in [-0.15, -0.1) is 0 Å². The van der Waals surface area contributed by atoms with Crippen LogP contribution in [0.5, 0.6) is 0 Å². The zero-order valence-corrected chi connectivity index (χ0v) is 13.9. The third kappa shape index (κ3) is 4.33. The lowest BCUT2D eigenvalue weighted by molar-refractivity contribution is -0.0441. The summed E-state index contributed by atoms with van der Waals surface area (Å²) in [5.41, 5.74) is 2.62. The Hall–Kier alpha value is -0.860. The second kappa shape index (κ2) is 8.12. The Morgan fingerprint density at radius 3 is 2.32 bits per heavy atom. The van der Waals surface area contributed by atoms with Gasteiger partial charge in [-0.05, 0) is 30.2 Å². The summed E-state index contributed by atoms with van der Waals surface area (Å²) in [5.74, 6) is 1.96. The fourth-order valence-electron chi connectivity index (χ4n) is 4.03. The van der Waals surface area contributed by atoms with Crippen molar-refractivity contribution in [3.8, 4) is 0 Å². The number of benzene rings is 1. The van der Waals surface area contributed by atoms with Crippen molar-refractivity contribution in [2.24, 2.45) is 11.8 Å². The molecule has 2 aliphatic rings. The normalized spacial score (nSPS) is 26.4. The average Bonchev–Trinajstić information content (AvgIpc) is 3.09. The van der Waals surface area contributed by atoms with Crippen LogP contribution in [0.2, 0.25) is 0 Å². The van der Waals surface area contributed by atoms with E-state index in [1.807, 2.05) is 0 Å². The Bertz CT molecular complexity index is 443. The highest BCUT2D eigenvalue weighted by atomic mass is 16.7. The second-order valence-corrected chi connectivity index (χ2v) is 7.03. The van der Waals surface area contributed by atoms with Crippen molar-refractivity contribution in [1.29, 1.82) is 0 Å². The molecule has 0 bridgehead atoms. The van der Waals surface area contributed by atoms with E-state index in [0.29, 0.717) is 0 Å². The molecule has 22 heavy (non-hydrogen) atoms. The van der Waals surface area contributed by atoms with E-state index in [1.54, 1.807) is 0 Å². The fraction of sp³-hybridized carbons (Fsp3) is 0.700.